The predicted octanol–water partition coefficient (Wildman–Crippen LogP) is 2.95. The summed E-state index contributed by atoms with van der Waals surface area (Å²) in [5, 5.41) is 6.64. The van der Waals surface area contributed by atoms with Gasteiger partial charge in [-0.05, 0) is 37.4 Å². The van der Waals surface area contributed by atoms with Crippen molar-refractivity contribution >= 4 is 17.7 Å². The minimum Gasteiger partial charge on any atom is -0.357 e. The Morgan fingerprint density at radius 2 is 1.70 bits per heavy atom. The van der Waals surface area contributed by atoms with Crippen LogP contribution < -0.4 is 10.6 Å². The van der Waals surface area contributed by atoms with Gasteiger partial charge in [-0.15, -0.1) is 0 Å². The molecule has 0 saturated carbocycles. The van der Waals surface area contributed by atoms with E-state index in [0.29, 0.717) is 6.54 Å². The van der Waals surface area contributed by atoms with E-state index in [1.807, 2.05) is 11.8 Å². The Morgan fingerprint density at radius 1 is 1.04 bits per heavy atom. The summed E-state index contributed by atoms with van der Waals surface area (Å²) in [4.78, 5) is 7.08. The molecule has 0 atom stereocenters. The topological polar surface area (TPSA) is 39.7 Å². The Balaban J connectivity index is 2.56. The molecule has 0 aliphatic heterocycles. The maximum Gasteiger partial charge on any atom is 0.191 e. The highest BCUT2D eigenvalue weighted by Gasteiger charge is 2.01. The van der Waals surface area contributed by atoms with Crippen molar-refractivity contribution in [1.82, 2.24) is 15.5 Å². The fourth-order valence-electron chi connectivity index (χ4n) is 2.24. The average Bonchev–Trinajstić information content (AvgIpc) is 2.58. The minimum atomic E-state index is 0.708. The highest BCUT2D eigenvalue weighted by Crippen LogP contribution is 2.08. The number of thioether (sulfide) groups is 1. The van der Waals surface area contributed by atoms with Gasteiger partial charge in [0.1, 0.15) is 0 Å². The molecule has 0 aliphatic carbocycles. The van der Waals surface area contributed by atoms with Crippen molar-refractivity contribution in [2.24, 2.45) is 4.99 Å². The van der Waals surface area contributed by atoms with Gasteiger partial charge in [0.25, 0.3) is 0 Å². The second-order valence-electron chi connectivity index (χ2n) is 5.39. The van der Waals surface area contributed by atoms with Gasteiger partial charge in [-0.3, -0.25) is 4.90 Å². The summed E-state index contributed by atoms with van der Waals surface area (Å²) in [5.74, 6) is 1.98. The molecule has 0 spiro atoms. The first-order chi connectivity index (χ1) is 11.2. The Labute approximate surface area is 146 Å². The molecule has 0 heterocycles. The molecule has 0 amide bonds. The molecule has 0 aromatic heterocycles. The standard InChI is InChI=1S/C18H32N4S/c1-5-19-18(20-12-13-23-4)21-14-16-8-10-17(11-9-16)15-22(6-2)7-3/h8-11H,5-7,12-15H2,1-4H3,(H2,19,20,21). The molecular weight excluding hydrogens is 304 g/mol. The van der Waals surface area contributed by atoms with Crippen LogP contribution in [-0.4, -0.2) is 49.0 Å². The van der Waals surface area contributed by atoms with Crippen molar-refractivity contribution in [2.75, 3.05) is 38.2 Å². The van der Waals surface area contributed by atoms with E-state index < -0.39 is 0 Å². The van der Waals surface area contributed by atoms with Crippen molar-refractivity contribution in [2.45, 2.75) is 33.9 Å². The normalized spacial score (nSPS) is 11.8. The van der Waals surface area contributed by atoms with E-state index in [1.54, 1.807) is 0 Å². The third kappa shape index (κ3) is 8.28. The molecule has 0 aliphatic rings. The predicted molar refractivity (Wildman–Crippen MR) is 104 cm³/mol. The number of rotatable bonds is 10. The highest BCUT2D eigenvalue weighted by atomic mass is 32.2. The first kappa shape index (κ1) is 19.8. The number of nitrogens with zero attached hydrogens (tertiary/aromatic N) is 2. The van der Waals surface area contributed by atoms with Crippen LogP contribution in [0.4, 0.5) is 0 Å². The van der Waals surface area contributed by atoms with Crippen LogP contribution in [0.3, 0.4) is 0 Å². The summed E-state index contributed by atoms with van der Waals surface area (Å²) in [6, 6.07) is 8.82. The largest absolute Gasteiger partial charge is 0.357 e. The Kier molecular flexibility index (Phi) is 10.6. The van der Waals surface area contributed by atoms with Crippen LogP contribution in [0.15, 0.2) is 29.3 Å². The van der Waals surface area contributed by atoms with E-state index in [0.717, 1.165) is 44.4 Å². The molecule has 0 radical (unpaired) electrons. The average molecular weight is 337 g/mol. The SMILES string of the molecule is CCNC(=NCc1ccc(CN(CC)CC)cc1)NCCSC. The van der Waals surface area contributed by atoms with Gasteiger partial charge in [-0.25, -0.2) is 4.99 Å². The molecule has 4 nitrogen and oxygen atoms in total. The second kappa shape index (κ2) is 12.3. The van der Waals surface area contributed by atoms with Gasteiger partial charge < -0.3 is 10.6 Å². The smallest absolute Gasteiger partial charge is 0.191 e. The maximum absolute atomic E-state index is 4.65. The molecule has 0 unspecified atom stereocenters. The minimum absolute atomic E-state index is 0.708. The zero-order valence-electron chi connectivity index (χ0n) is 15.1. The molecule has 0 bridgehead atoms. The van der Waals surface area contributed by atoms with Gasteiger partial charge in [0.2, 0.25) is 0 Å². The molecule has 1 aromatic carbocycles. The molecule has 5 heteroatoms. The highest BCUT2D eigenvalue weighted by molar-refractivity contribution is 7.98. The third-order valence-corrected chi connectivity index (χ3v) is 4.30. The third-order valence-electron chi connectivity index (χ3n) is 3.69. The number of benzene rings is 1. The number of hydrogen-bond donors (Lipinski definition) is 2. The Morgan fingerprint density at radius 3 is 2.26 bits per heavy atom. The van der Waals surface area contributed by atoms with Crippen LogP contribution in [-0.2, 0) is 13.1 Å². The van der Waals surface area contributed by atoms with Crippen molar-refractivity contribution in [3.63, 3.8) is 0 Å². The lowest BCUT2D eigenvalue weighted by atomic mass is 10.1. The van der Waals surface area contributed by atoms with Crippen LogP contribution in [0, 0.1) is 0 Å². The van der Waals surface area contributed by atoms with Gasteiger partial charge in [-0.1, -0.05) is 38.1 Å². The van der Waals surface area contributed by atoms with Crippen molar-refractivity contribution in [3.8, 4) is 0 Å². The van der Waals surface area contributed by atoms with E-state index in [9.17, 15) is 0 Å². The van der Waals surface area contributed by atoms with Crippen LogP contribution in [0.25, 0.3) is 0 Å². The first-order valence-electron chi connectivity index (χ1n) is 8.54. The molecule has 0 fully saturated rings. The fraction of sp³-hybridized carbons (Fsp3) is 0.611. The number of nitrogens with one attached hydrogen (secondary N) is 2. The second-order valence-corrected chi connectivity index (χ2v) is 6.38. The molecule has 2 N–H and O–H groups in total. The van der Waals surface area contributed by atoms with Gasteiger partial charge in [0.05, 0.1) is 6.54 Å². The van der Waals surface area contributed by atoms with Crippen molar-refractivity contribution < 1.29 is 0 Å². The summed E-state index contributed by atoms with van der Waals surface area (Å²) >= 11 is 1.84. The van der Waals surface area contributed by atoms with Gasteiger partial charge in [0, 0.05) is 25.4 Å². The fourth-order valence-corrected chi connectivity index (χ4v) is 2.55. The number of guanidine groups is 1. The number of hydrogen-bond acceptors (Lipinski definition) is 3. The van der Waals surface area contributed by atoms with E-state index >= 15 is 0 Å². The van der Waals surface area contributed by atoms with E-state index in [2.05, 4.69) is 71.8 Å². The van der Waals surface area contributed by atoms with Crippen LogP contribution >= 0.6 is 11.8 Å². The lowest BCUT2D eigenvalue weighted by Crippen LogP contribution is -2.38. The molecule has 130 valence electrons. The van der Waals surface area contributed by atoms with Crippen LogP contribution in [0.5, 0.6) is 0 Å². The van der Waals surface area contributed by atoms with Gasteiger partial charge in [-0.2, -0.15) is 11.8 Å². The van der Waals surface area contributed by atoms with E-state index in [-0.39, 0.29) is 0 Å². The van der Waals surface area contributed by atoms with Gasteiger partial charge in [0.15, 0.2) is 5.96 Å². The molecule has 23 heavy (non-hydrogen) atoms. The summed E-state index contributed by atoms with van der Waals surface area (Å²) in [5.41, 5.74) is 2.61. The van der Waals surface area contributed by atoms with Gasteiger partial charge >= 0.3 is 0 Å². The monoisotopic (exact) mass is 336 g/mol. The summed E-state index contributed by atoms with van der Waals surface area (Å²) in [6.07, 6.45) is 2.12. The van der Waals surface area contributed by atoms with E-state index in [1.165, 1.54) is 11.1 Å². The van der Waals surface area contributed by atoms with E-state index in [4.69, 9.17) is 0 Å². The zero-order valence-corrected chi connectivity index (χ0v) is 15.9. The summed E-state index contributed by atoms with van der Waals surface area (Å²) < 4.78 is 0. The maximum atomic E-state index is 4.65. The quantitative estimate of drug-likeness (QED) is 0.391. The molecule has 0 saturated heterocycles. The lowest BCUT2D eigenvalue weighted by molar-refractivity contribution is 0.296. The summed E-state index contributed by atoms with van der Waals surface area (Å²) in [7, 11) is 0. The molecule has 1 aromatic rings. The molecule has 1 rings (SSSR count). The van der Waals surface area contributed by atoms with Crippen LogP contribution in [0.2, 0.25) is 0 Å². The Bertz CT molecular complexity index is 441. The first-order valence-corrected chi connectivity index (χ1v) is 9.94. The Hall–Kier alpha value is -1.20. The van der Waals surface area contributed by atoms with Crippen molar-refractivity contribution in [3.05, 3.63) is 35.4 Å². The van der Waals surface area contributed by atoms with Crippen LogP contribution in [0.1, 0.15) is 31.9 Å². The molecular formula is C18H32N4S. The zero-order chi connectivity index (χ0) is 16.9. The lowest BCUT2D eigenvalue weighted by Gasteiger charge is -2.18. The summed E-state index contributed by atoms with van der Waals surface area (Å²) in [6.45, 7) is 12.2. The number of aliphatic imine (C=N–C) groups is 1. The van der Waals surface area contributed by atoms with Crippen molar-refractivity contribution in [1.29, 1.82) is 0 Å².